The molecule has 0 saturated heterocycles. The van der Waals surface area contributed by atoms with E-state index in [0.717, 1.165) is 23.8 Å². The molecule has 0 radical (unpaired) electrons. The first kappa shape index (κ1) is 14.3. The molecule has 0 saturated carbocycles. The SMILES string of the molecule is CCCCC(C)Oc1ccc(/C=C/C(=O)O)cc1. The largest absolute Gasteiger partial charge is 0.491 e. The lowest BCUT2D eigenvalue weighted by molar-refractivity contribution is -0.131. The number of aliphatic carboxylic acids is 1. The summed E-state index contributed by atoms with van der Waals surface area (Å²) in [5.74, 6) is -0.116. The van der Waals surface area contributed by atoms with E-state index in [4.69, 9.17) is 9.84 Å². The highest BCUT2D eigenvalue weighted by Gasteiger charge is 2.02. The Kier molecular flexibility index (Phi) is 5.98. The average molecular weight is 248 g/mol. The van der Waals surface area contributed by atoms with E-state index in [9.17, 15) is 4.79 Å². The lowest BCUT2D eigenvalue weighted by atomic mass is 10.2. The Hall–Kier alpha value is -1.77. The molecule has 0 aliphatic heterocycles. The summed E-state index contributed by atoms with van der Waals surface area (Å²) in [6.07, 6.45) is 6.29. The Labute approximate surface area is 108 Å². The molecule has 0 aliphatic rings. The monoisotopic (exact) mass is 248 g/mol. The van der Waals surface area contributed by atoms with Gasteiger partial charge in [-0.2, -0.15) is 0 Å². The van der Waals surface area contributed by atoms with Crippen molar-refractivity contribution in [2.24, 2.45) is 0 Å². The first-order valence-electron chi connectivity index (χ1n) is 6.29. The zero-order valence-corrected chi connectivity index (χ0v) is 10.9. The van der Waals surface area contributed by atoms with E-state index in [1.807, 2.05) is 24.3 Å². The van der Waals surface area contributed by atoms with Crippen LogP contribution in [0.4, 0.5) is 0 Å². The van der Waals surface area contributed by atoms with Crippen molar-refractivity contribution in [3.8, 4) is 5.75 Å². The van der Waals surface area contributed by atoms with E-state index in [0.29, 0.717) is 0 Å². The summed E-state index contributed by atoms with van der Waals surface area (Å²) in [7, 11) is 0. The Balaban J connectivity index is 2.52. The smallest absolute Gasteiger partial charge is 0.328 e. The number of unbranched alkanes of at least 4 members (excludes halogenated alkanes) is 1. The molecule has 3 nitrogen and oxygen atoms in total. The molecule has 1 atom stereocenters. The Morgan fingerprint density at radius 2 is 2.06 bits per heavy atom. The van der Waals surface area contributed by atoms with Gasteiger partial charge in [-0.3, -0.25) is 0 Å². The predicted octanol–water partition coefficient (Wildman–Crippen LogP) is 3.74. The van der Waals surface area contributed by atoms with Crippen LogP contribution in [0.25, 0.3) is 6.08 Å². The molecule has 1 N–H and O–H groups in total. The van der Waals surface area contributed by atoms with Gasteiger partial charge in [-0.25, -0.2) is 4.79 Å². The molecular formula is C15H20O3. The second kappa shape index (κ2) is 7.54. The van der Waals surface area contributed by atoms with Crippen molar-refractivity contribution in [2.45, 2.75) is 39.2 Å². The molecule has 1 unspecified atom stereocenters. The summed E-state index contributed by atoms with van der Waals surface area (Å²) in [6.45, 7) is 4.23. The molecule has 0 heterocycles. The van der Waals surface area contributed by atoms with Gasteiger partial charge in [-0.05, 0) is 37.1 Å². The quantitative estimate of drug-likeness (QED) is 0.748. The second-order valence-electron chi connectivity index (χ2n) is 4.31. The number of ether oxygens (including phenoxy) is 1. The van der Waals surface area contributed by atoms with Crippen molar-refractivity contribution >= 4 is 12.0 Å². The van der Waals surface area contributed by atoms with Crippen LogP contribution in [0.15, 0.2) is 30.3 Å². The van der Waals surface area contributed by atoms with Gasteiger partial charge in [-0.15, -0.1) is 0 Å². The summed E-state index contributed by atoms with van der Waals surface area (Å²) in [6, 6.07) is 7.43. The minimum Gasteiger partial charge on any atom is -0.491 e. The second-order valence-corrected chi connectivity index (χ2v) is 4.31. The summed E-state index contributed by atoms with van der Waals surface area (Å²) in [4.78, 5) is 10.4. The van der Waals surface area contributed by atoms with Gasteiger partial charge in [0.1, 0.15) is 5.75 Å². The average Bonchev–Trinajstić information content (AvgIpc) is 2.35. The molecule has 18 heavy (non-hydrogen) atoms. The normalized spacial score (nSPS) is 12.6. The fourth-order valence-electron chi connectivity index (χ4n) is 1.61. The highest BCUT2D eigenvalue weighted by molar-refractivity contribution is 5.85. The van der Waals surface area contributed by atoms with Crippen LogP contribution in [0.3, 0.4) is 0 Å². The minimum atomic E-state index is -0.941. The van der Waals surface area contributed by atoms with Gasteiger partial charge in [0.2, 0.25) is 0 Å². The Morgan fingerprint density at radius 3 is 2.61 bits per heavy atom. The number of carboxylic acid groups (broad SMARTS) is 1. The number of carbonyl (C=O) groups is 1. The highest BCUT2D eigenvalue weighted by atomic mass is 16.5. The molecule has 1 rings (SSSR count). The third kappa shape index (κ3) is 5.53. The van der Waals surface area contributed by atoms with Gasteiger partial charge in [-0.1, -0.05) is 31.9 Å². The van der Waals surface area contributed by atoms with Crippen molar-refractivity contribution in [1.82, 2.24) is 0 Å². The van der Waals surface area contributed by atoms with Crippen molar-refractivity contribution in [3.05, 3.63) is 35.9 Å². The van der Waals surface area contributed by atoms with Gasteiger partial charge in [0.25, 0.3) is 0 Å². The lowest BCUT2D eigenvalue weighted by Crippen LogP contribution is -2.11. The summed E-state index contributed by atoms with van der Waals surface area (Å²) < 4.78 is 5.76. The summed E-state index contributed by atoms with van der Waals surface area (Å²) in [5, 5.41) is 8.52. The van der Waals surface area contributed by atoms with Crippen LogP contribution in [-0.2, 0) is 4.79 Å². The maximum Gasteiger partial charge on any atom is 0.328 e. The molecule has 1 aromatic carbocycles. The van der Waals surface area contributed by atoms with Crippen LogP contribution in [0.1, 0.15) is 38.7 Å². The molecule has 1 aromatic rings. The van der Waals surface area contributed by atoms with Gasteiger partial charge in [0.05, 0.1) is 6.10 Å². The van der Waals surface area contributed by atoms with E-state index in [1.54, 1.807) is 6.08 Å². The number of carboxylic acids is 1. The predicted molar refractivity (Wildman–Crippen MR) is 72.7 cm³/mol. The minimum absolute atomic E-state index is 0.213. The molecule has 0 amide bonds. The van der Waals surface area contributed by atoms with Crippen molar-refractivity contribution < 1.29 is 14.6 Å². The van der Waals surface area contributed by atoms with Crippen LogP contribution in [0.2, 0.25) is 0 Å². The van der Waals surface area contributed by atoms with Crippen LogP contribution >= 0.6 is 0 Å². The first-order valence-corrected chi connectivity index (χ1v) is 6.29. The number of benzene rings is 1. The zero-order valence-electron chi connectivity index (χ0n) is 10.9. The molecule has 0 aromatic heterocycles. The van der Waals surface area contributed by atoms with Crippen LogP contribution in [0, 0.1) is 0 Å². The number of rotatable bonds is 7. The lowest BCUT2D eigenvalue weighted by Gasteiger charge is -2.14. The molecular weight excluding hydrogens is 228 g/mol. The maximum atomic E-state index is 10.4. The summed E-state index contributed by atoms with van der Waals surface area (Å²) >= 11 is 0. The topological polar surface area (TPSA) is 46.5 Å². The van der Waals surface area contributed by atoms with Gasteiger partial charge in [0.15, 0.2) is 0 Å². The van der Waals surface area contributed by atoms with Crippen LogP contribution in [0.5, 0.6) is 5.75 Å². The van der Waals surface area contributed by atoms with Gasteiger partial charge >= 0.3 is 5.97 Å². The molecule has 0 aliphatic carbocycles. The van der Waals surface area contributed by atoms with Crippen molar-refractivity contribution in [3.63, 3.8) is 0 Å². The van der Waals surface area contributed by atoms with Gasteiger partial charge in [0, 0.05) is 6.08 Å². The van der Waals surface area contributed by atoms with Crippen molar-refractivity contribution in [1.29, 1.82) is 0 Å². The molecule has 3 heteroatoms. The van der Waals surface area contributed by atoms with Crippen molar-refractivity contribution in [2.75, 3.05) is 0 Å². The summed E-state index contributed by atoms with van der Waals surface area (Å²) in [5.41, 5.74) is 0.853. The molecule has 0 fully saturated rings. The highest BCUT2D eigenvalue weighted by Crippen LogP contribution is 2.16. The number of hydrogen-bond acceptors (Lipinski definition) is 2. The Morgan fingerprint density at radius 1 is 1.39 bits per heavy atom. The standard InChI is InChI=1S/C15H20O3/c1-3-4-5-12(2)18-14-9-6-13(7-10-14)8-11-15(16)17/h6-12H,3-5H2,1-2H3,(H,16,17)/b11-8+. The fraction of sp³-hybridized carbons (Fsp3) is 0.400. The third-order valence-corrected chi connectivity index (χ3v) is 2.60. The van der Waals surface area contributed by atoms with E-state index >= 15 is 0 Å². The van der Waals surface area contributed by atoms with E-state index < -0.39 is 5.97 Å². The van der Waals surface area contributed by atoms with E-state index in [-0.39, 0.29) is 6.10 Å². The Bertz CT molecular complexity index is 393. The third-order valence-electron chi connectivity index (χ3n) is 2.60. The number of hydrogen-bond donors (Lipinski definition) is 1. The van der Waals surface area contributed by atoms with E-state index in [1.165, 1.54) is 12.8 Å². The fourth-order valence-corrected chi connectivity index (χ4v) is 1.61. The molecule has 0 bridgehead atoms. The molecule has 0 spiro atoms. The van der Waals surface area contributed by atoms with Crippen LogP contribution in [-0.4, -0.2) is 17.2 Å². The zero-order chi connectivity index (χ0) is 13.4. The first-order chi connectivity index (χ1) is 8.61. The molecule has 98 valence electrons. The maximum absolute atomic E-state index is 10.4. The van der Waals surface area contributed by atoms with Gasteiger partial charge < -0.3 is 9.84 Å². The van der Waals surface area contributed by atoms with Crippen LogP contribution < -0.4 is 4.74 Å². The van der Waals surface area contributed by atoms with E-state index in [2.05, 4.69) is 13.8 Å².